The summed E-state index contributed by atoms with van der Waals surface area (Å²) in [6, 6.07) is 4.15. The van der Waals surface area contributed by atoms with E-state index in [1.165, 1.54) is 18.2 Å². The number of nitro groups is 1. The molecule has 2 aromatic rings. The Morgan fingerprint density at radius 3 is 2.84 bits per heavy atom. The van der Waals surface area contributed by atoms with E-state index in [1.807, 2.05) is 0 Å². The Labute approximate surface area is 111 Å². The second-order valence-corrected chi connectivity index (χ2v) is 4.52. The minimum atomic E-state index is -0.564. The molecule has 7 nitrogen and oxygen atoms in total. The molecule has 0 spiro atoms. The van der Waals surface area contributed by atoms with E-state index in [4.69, 9.17) is 0 Å². The number of benzene rings is 1. The number of carbonyl (C=O) groups excluding carboxylic acids is 1. The van der Waals surface area contributed by atoms with Crippen LogP contribution in [-0.2, 0) is 6.54 Å². The number of carbonyl (C=O) groups is 1. The Hall–Kier alpha value is -2.48. The SMILES string of the molecule is O=Cc1ccc(NCc2csc(=O)[nH]2)c([N+](=O)[O-])c1. The van der Waals surface area contributed by atoms with Crippen molar-refractivity contribution in [2.45, 2.75) is 6.54 Å². The van der Waals surface area contributed by atoms with Crippen LogP contribution in [0.3, 0.4) is 0 Å². The molecular weight excluding hydrogens is 270 g/mol. The number of aldehydes is 1. The third kappa shape index (κ3) is 3.05. The number of nitrogens with one attached hydrogen (secondary N) is 2. The van der Waals surface area contributed by atoms with Crippen molar-refractivity contribution in [3.05, 3.63) is 54.6 Å². The van der Waals surface area contributed by atoms with Gasteiger partial charge in [0.05, 0.1) is 11.5 Å². The number of anilines is 1. The van der Waals surface area contributed by atoms with E-state index in [1.54, 1.807) is 5.38 Å². The largest absolute Gasteiger partial charge is 0.374 e. The summed E-state index contributed by atoms with van der Waals surface area (Å²) in [4.78, 5) is 34.3. The average molecular weight is 279 g/mol. The third-order valence-corrected chi connectivity index (χ3v) is 3.11. The van der Waals surface area contributed by atoms with Crippen LogP contribution >= 0.6 is 11.3 Å². The first-order chi connectivity index (χ1) is 9.10. The van der Waals surface area contributed by atoms with Gasteiger partial charge in [0, 0.05) is 22.7 Å². The second-order valence-electron chi connectivity index (χ2n) is 3.68. The minimum absolute atomic E-state index is 0.178. The summed E-state index contributed by atoms with van der Waals surface area (Å²) in [7, 11) is 0. The number of nitrogens with zero attached hydrogens (tertiary/aromatic N) is 1. The van der Waals surface area contributed by atoms with E-state index >= 15 is 0 Å². The van der Waals surface area contributed by atoms with Crippen LogP contribution in [0.2, 0.25) is 0 Å². The number of thiazole rings is 1. The number of rotatable bonds is 5. The highest BCUT2D eigenvalue weighted by Gasteiger charge is 2.14. The summed E-state index contributed by atoms with van der Waals surface area (Å²) >= 11 is 1.02. The van der Waals surface area contributed by atoms with E-state index in [2.05, 4.69) is 10.3 Å². The standard InChI is InChI=1S/C11H9N3O4S/c15-5-7-1-2-9(10(3-7)14(17)18)12-4-8-6-19-11(16)13-8/h1-3,5-6,12H,4H2,(H,13,16). The second kappa shape index (κ2) is 5.44. The topological polar surface area (TPSA) is 105 Å². The summed E-state index contributed by atoms with van der Waals surface area (Å²) in [5.41, 5.74) is 0.995. The van der Waals surface area contributed by atoms with Crippen molar-refractivity contribution in [1.29, 1.82) is 0 Å². The first-order valence-corrected chi connectivity index (χ1v) is 6.12. The van der Waals surface area contributed by atoms with E-state index < -0.39 is 4.92 Å². The Balaban J connectivity index is 2.21. The van der Waals surface area contributed by atoms with Crippen LogP contribution in [0.4, 0.5) is 11.4 Å². The molecule has 0 saturated heterocycles. The minimum Gasteiger partial charge on any atom is -0.374 e. The monoisotopic (exact) mass is 279 g/mol. The zero-order valence-corrected chi connectivity index (χ0v) is 10.4. The maximum atomic E-state index is 10.9. The Morgan fingerprint density at radius 1 is 1.47 bits per heavy atom. The fraction of sp³-hybridized carbons (Fsp3) is 0.0909. The molecular formula is C11H9N3O4S. The quantitative estimate of drug-likeness (QED) is 0.493. The predicted octanol–water partition coefficient (Wildman–Crippen LogP) is 1.77. The van der Waals surface area contributed by atoms with Gasteiger partial charge >= 0.3 is 4.87 Å². The number of H-pyrrole nitrogens is 1. The number of aromatic amines is 1. The van der Waals surface area contributed by atoms with Gasteiger partial charge in [0.1, 0.15) is 12.0 Å². The molecule has 0 amide bonds. The third-order valence-electron chi connectivity index (χ3n) is 2.39. The lowest BCUT2D eigenvalue weighted by atomic mass is 10.2. The molecule has 19 heavy (non-hydrogen) atoms. The molecule has 2 rings (SSSR count). The van der Waals surface area contributed by atoms with Crippen molar-refractivity contribution in [2.75, 3.05) is 5.32 Å². The van der Waals surface area contributed by atoms with Gasteiger partial charge in [-0.15, -0.1) is 0 Å². The first-order valence-electron chi connectivity index (χ1n) is 5.24. The lowest BCUT2D eigenvalue weighted by Crippen LogP contribution is -2.05. The van der Waals surface area contributed by atoms with Crippen molar-refractivity contribution >= 4 is 29.0 Å². The van der Waals surface area contributed by atoms with Gasteiger partial charge in [-0.1, -0.05) is 11.3 Å². The lowest BCUT2D eigenvalue weighted by Gasteiger charge is -2.06. The van der Waals surface area contributed by atoms with Gasteiger partial charge in [-0.25, -0.2) is 0 Å². The van der Waals surface area contributed by atoms with Crippen molar-refractivity contribution in [3.63, 3.8) is 0 Å². The summed E-state index contributed by atoms with van der Waals surface area (Å²) in [5, 5.41) is 15.4. The number of hydrogen-bond donors (Lipinski definition) is 2. The van der Waals surface area contributed by atoms with Gasteiger partial charge in [-0.3, -0.25) is 19.7 Å². The molecule has 0 fully saturated rings. The predicted molar refractivity (Wildman–Crippen MR) is 70.8 cm³/mol. The molecule has 0 bridgehead atoms. The molecule has 98 valence electrons. The molecule has 0 aliphatic heterocycles. The fourth-order valence-corrected chi connectivity index (χ4v) is 2.10. The molecule has 0 aliphatic rings. The van der Waals surface area contributed by atoms with E-state index in [-0.39, 0.29) is 22.7 Å². The van der Waals surface area contributed by atoms with Gasteiger partial charge in [-0.2, -0.15) is 0 Å². The van der Waals surface area contributed by atoms with Crippen LogP contribution in [0.1, 0.15) is 16.1 Å². The molecule has 1 aromatic heterocycles. The highest BCUT2D eigenvalue weighted by atomic mass is 32.1. The normalized spacial score (nSPS) is 10.1. The van der Waals surface area contributed by atoms with Crippen LogP contribution in [0.25, 0.3) is 0 Å². The maximum Gasteiger partial charge on any atom is 0.304 e. The van der Waals surface area contributed by atoms with Gasteiger partial charge in [-0.05, 0) is 12.1 Å². The van der Waals surface area contributed by atoms with E-state index in [9.17, 15) is 19.7 Å². The van der Waals surface area contributed by atoms with Crippen LogP contribution in [0.15, 0.2) is 28.4 Å². The van der Waals surface area contributed by atoms with Crippen LogP contribution in [0, 0.1) is 10.1 Å². The molecule has 0 unspecified atom stereocenters. The fourth-order valence-electron chi connectivity index (χ4n) is 1.51. The van der Waals surface area contributed by atoms with Crippen molar-refractivity contribution in [2.24, 2.45) is 0 Å². The first kappa shape index (κ1) is 13.0. The molecule has 2 N–H and O–H groups in total. The van der Waals surface area contributed by atoms with Gasteiger partial charge < -0.3 is 10.3 Å². The Kier molecular flexibility index (Phi) is 3.71. The highest BCUT2D eigenvalue weighted by Crippen LogP contribution is 2.25. The molecule has 1 heterocycles. The van der Waals surface area contributed by atoms with Gasteiger partial charge in [0.25, 0.3) is 5.69 Å². The molecule has 0 atom stereocenters. The molecule has 0 aliphatic carbocycles. The summed E-state index contributed by atoms with van der Waals surface area (Å²) in [6.45, 7) is 0.264. The lowest BCUT2D eigenvalue weighted by molar-refractivity contribution is -0.384. The maximum absolute atomic E-state index is 10.9. The Morgan fingerprint density at radius 2 is 2.26 bits per heavy atom. The van der Waals surface area contributed by atoms with Crippen LogP contribution in [-0.4, -0.2) is 16.2 Å². The molecule has 0 saturated carbocycles. The Bertz CT molecular complexity index is 677. The van der Waals surface area contributed by atoms with Gasteiger partial charge in [0.15, 0.2) is 0 Å². The summed E-state index contributed by atoms with van der Waals surface area (Å²) in [5.74, 6) is 0. The average Bonchev–Trinajstić information content (AvgIpc) is 2.82. The molecule has 1 aromatic carbocycles. The summed E-state index contributed by atoms with van der Waals surface area (Å²) in [6.07, 6.45) is 0.549. The van der Waals surface area contributed by atoms with E-state index in [0.29, 0.717) is 17.7 Å². The zero-order valence-electron chi connectivity index (χ0n) is 9.58. The zero-order chi connectivity index (χ0) is 13.8. The van der Waals surface area contributed by atoms with Crippen molar-refractivity contribution in [3.8, 4) is 0 Å². The van der Waals surface area contributed by atoms with Crippen LogP contribution in [0.5, 0.6) is 0 Å². The van der Waals surface area contributed by atoms with Crippen LogP contribution < -0.4 is 10.2 Å². The number of nitro benzene ring substituents is 1. The summed E-state index contributed by atoms with van der Waals surface area (Å²) < 4.78 is 0. The molecule has 0 radical (unpaired) electrons. The number of hydrogen-bond acceptors (Lipinski definition) is 6. The number of aromatic nitrogens is 1. The van der Waals surface area contributed by atoms with Gasteiger partial charge in [0.2, 0.25) is 0 Å². The van der Waals surface area contributed by atoms with E-state index in [0.717, 1.165) is 11.3 Å². The molecule has 8 heteroatoms. The van der Waals surface area contributed by atoms with Crippen molar-refractivity contribution in [1.82, 2.24) is 4.98 Å². The smallest absolute Gasteiger partial charge is 0.304 e. The highest BCUT2D eigenvalue weighted by molar-refractivity contribution is 7.07. The van der Waals surface area contributed by atoms with Crippen molar-refractivity contribution < 1.29 is 9.72 Å².